The average molecular weight is 386 g/mol. The standard InChI is InChI=1S/C18H17F2NO2S.ClH/c1-21-10-15(22)17(11-3-2-4-12(19)9-11)23-18-13-7-8-24-16(13)6-5-14(18)20;/h2-9,15,17,21-22H,10H2,1H3;1H/t15-,17+;/m1./s1. The van der Waals surface area contributed by atoms with Crippen molar-refractivity contribution in [1.82, 2.24) is 5.32 Å². The van der Waals surface area contributed by atoms with E-state index in [-0.39, 0.29) is 24.7 Å². The first-order chi connectivity index (χ1) is 11.6. The highest BCUT2D eigenvalue weighted by molar-refractivity contribution is 7.17. The van der Waals surface area contributed by atoms with E-state index in [4.69, 9.17) is 4.74 Å². The molecule has 3 rings (SSSR count). The molecule has 3 nitrogen and oxygen atoms in total. The third kappa shape index (κ3) is 4.27. The predicted octanol–water partition coefficient (Wildman–Crippen LogP) is 4.30. The van der Waals surface area contributed by atoms with E-state index < -0.39 is 23.8 Å². The summed E-state index contributed by atoms with van der Waals surface area (Å²) in [6.07, 6.45) is -1.86. The van der Waals surface area contributed by atoms with Crippen LogP contribution in [0, 0.1) is 11.6 Å². The minimum atomic E-state index is -0.968. The van der Waals surface area contributed by atoms with Crippen molar-refractivity contribution in [2.24, 2.45) is 0 Å². The molecule has 3 aromatic rings. The van der Waals surface area contributed by atoms with E-state index in [1.807, 2.05) is 5.38 Å². The van der Waals surface area contributed by atoms with Crippen molar-refractivity contribution in [2.45, 2.75) is 12.2 Å². The molecule has 7 heteroatoms. The molecule has 1 heterocycles. The highest BCUT2D eigenvalue weighted by Crippen LogP contribution is 2.36. The van der Waals surface area contributed by atoms with E-state index in [1.165, 1.54) is 35.6 Å². The molecular weight excluding hydrogens is 368 g/mol. The lowest BCUT2D eigenvalue weighted by molar-refractivity contribution is 0.0355. The molecule has 0 amide bonds. The van der Waals surface area contributed by atoms with Crippen molar-refractivity contribution in [3.8, 4) is 5.75 Å². The van der Waals surface area contributed by atoms with Crippen molar-refractivity contribution in [2.75, 3.05) is 13.6 Å². The van der Waals surface area contributed by atoms with E-state index in [1.54, 1.807) is 25.2 Å². The molecule has 2 atom stereocenters. The number of hydrogen-bond donors (Lipinski definition) is 2. The van der Waals surface area contributed by atoms with Crippen LogP contribution >= 0.6 is 23.7 Å². The smallest absolute Gasteiger partial charge is 0.165 e. The van der Waals surface area contributed by atoms with Gasteiger partial charge in [0.15, 0.2) is 17.7 Å². The molecule has 25 heavy (non-hydrogen) atoms. The van der Waals surface area contributed by atoms with E-state index in [0.29, 0.717) is 10.9 Å². The SMILES string of the molecule is CNC[C@@H](O)[C@@H](Oc1c(F)ccc2sccc12)c1cccc(F)c1.Cl. The van der Waals surface area contributed by atoms with Crippen LogP contribution in [0.5, 0.6) is 5.75 Å². The number of rotatable bonds is 6. The normalized spacial score (nSPS) is 13.3. The number of hydrogen-bond acceptors (Lipinski definition) is 4. The molecule has 1 aromatic heterocycles. The Hall–Kier alpha value is -1.73. The Kier molecular flexibility index (Phi) is 6.72. The van der Waals surface area contributed by atoms with Gasteiger partial charge >= 0.3 is 0 Å². The molecule has 0 unspecified atom stereocenters. The molecule has 134 valence electrons. The van der Waals surface area contributed by atoms with Gasteiger partial charge in [0.05, 0.1) is 0 Å². The van der Waals surface area contributed by atoms with E-state index in [2.05, 4.69) is 5.32 Å². The Morgan fingerprint density at radius 1 is 1.20 bits per heavy atom. The summed E-state index contributed by atoms with van der Waals surface area (Å²) in [4.78, 5) is 0. The fraction of sp³-hybridized carbons (Fsp3) is 0.222. The average Bonchev–Trinajstić information content (AvgIpc) is 3.03. The number of ether oxygens (including phenoxy) is 1. The second-order valence-corrected chi connectivity index (χ2v) is 6.38. The van der Waals surface area contributed by atoms with Gasteiger partial charge in [-0.1, -0.05) is 12.1 Å². The van der Waals surface area contributed by atoms with Crippen LogP contribution < -0.4 is 10.1 Å². The lowest BCUT2D eigenvalue weighted by Gasteiger charge is -2.25. The zero-order valence-electron chi connectivity index (χ0n) is 13.4. The summed E-state index contributed by atoms with van der Waals surface area (Å²) in [5.41, 5.74) is 0.449. The quantitative estimate of drug-likeness (QED) is 0.664. The zero-order chi connectivity index (χ0) is 17.1. The maximum atomic E-state index is 14.3. The van der Waals surface area contributed by atoms with Gasteiger partial charge in [0.2, 0.25) is 0 Å². The molecule has 2 aromatic carbocycles. The first kappa shape index (κ1) is 19.6. The number of benzene rings is 2. The summed E-state index contributed by atoms with van der Waals surface area (Å²) in [5.74, 6) is -0.885. The highest BCUT2D eigenvalue weighted by Gasteiger charge is 2.25. The third-order valence-electron chi connectivity index (χ3n) is 3.72. The maximum Gasteiger partial charge on any atom is 0.165 e. The molecule has 0 saturated heterocycles. The van der Waals surface area contributed by atoms with E-state index >= 15 is 0 Å². The summed E-state index contributed by atoms with van der Waals surface area (Å²) < 4.78 is 34.6. The molecule has 0 aliphatic carbocycles. The van der Waals surface area contributed by atoms with Crippen molar-refractivity contribution in [3.05, 3.63) is 65.0 Å². The number of aliphatic hydroxyl groups is 1. The Bertz CT molecular complexity index is 843. The lowest BCUT2D eigenvalue weighted by atomic mass is 10.0. The van der Waals surface area contributed by atoms with Crippen LogP contribution in [-0.2, 0) is 0 Å². The number of fused-ring (bicyclic) bond motifs is 1. The number of likely N-dealkylation sites (N-methyl/N-ethyl adjacent to an activating group) is 1. The van der Waals surface area contributed by atoms with Gasteiger partial charge in [0.25, 0.3) is 0 Å². The van der Waals surface area contributed by atoms with Crippen molar-refractivity contribution < 1.29 is 18.6 Å². The number of thiophene rings is 1. The summed E-state index contributed by atoms with van der Waals surface area (Å²) in [5, 5.41) is 15.7. The Balaban J connectivity index is 0.00000225. The largest absolute Gasteiger partial charge is 0.479 e. The van der Waals surface area contributed by atoms with Gasteiger partial charge in [0, 0.05) is 16.6 Å². The van der Waals surface area contributed by atoms with Gasteiger partial charge in [-0.25, -0.2) is 8.78 Å². The van der Waals surface area contributed by atoms with Gasteiger partial charge < -0.3 is 15.2 Å². The number of aliphatic hydroxyl groups excluding tert-OH is 1. The minimum absolute atomic E-state index is 0. The summed E-state index contributed by atoms with van der Waals surface area (Å²) >= 11 is 1.47. The highest BCUT2D eigenvalue weighted by atomic mass is 35.5. The number of halogens is 3. The summed E-state index contributed by atoms with van der Waals surface area (Å²) in [6, 6.07) is 10.6. The monoisotopic (exact) mass is 385 g/mol. The second kappa shape index (κ2) is 8.58. The zero-order valence-corrected chi connectivity index (χ0v) is 15.0. The van der Waals surface area contributed by atoms with Crippen LogP contribution in [0.3, 0.4) is 0 Å². The second-order valence-electron chi connectivity index (χ2n) is 5.43. The molecule has 0 fully saturated rings. The van der Waals surface area contributed by atoms with Crippen LogP contribution in [0.15, 0.2) is 47.8 Å². The van der Waals surface area contributed by atoms with Crippen LogP contribution in [0.25, 0.3) is 10.1 Å². The molecular formula is C18H18ClF2NO2S. The Morgan fingerprint density at radius 2 is 2.00 bits per heavy atom. The molecule has 0 saturated carbocycles. The minimum Gasteiger partial charge on any atom is -0.479 e. The number of nitrogens with one attached hydrogen (secondary N) is 1. The van der Waals surface area contributed by atoms with Crippen LogP contribution in [-0.4, -0.2) is 24.8 Å². The molecule has 0 radical (unpaired) electrons. The third-order valence-corrected chi connectivity index (χ3v) is 4.60. The van der Waals surface area contributed by atoms with Gasteiger partial charge in [-0.15, -0.1) is 23.7 Å². The molecule has 2 N–H and O–H groups in total. The Labute approximate surface area is 154 Å². The van der Waals surface area contributed by atoms with Crippen molar-refractivity contribution in [1.29, 1.82) is 0 Å². The maximum absolute atomic E-state index is 14.3. The lowest BCUT2D eigenvalue weighted by Crippen LogP contribution is -2.33. The topological polar surface area (TPSA) is 41.5 Å². The van der Waals surface area contributed by atoms with Gasteiger partial charge in [-0.2, -0.15) is 0 Å². The van der Waals surface area contributed by atoms with Crippen LogP contribution in [0.4, 0.5) is 8.78 Å². The molecule has 0 spiro atoms. The van der Waals surface area contributed by atoms with E-state index in [9.17, 15) is 13.9 Å². The van der Waals surface area contributed by atoms with E-state index in [0.717, 1.165) is 4.70 Å². The molecule has 0 aliphatic heterocycles. The first-order valence-corrected chi connectivity index (χ1v) is 8.38. The van der Waals surface area contributed by atoms with Crippen molar-refractivity contribution in [3.63, 3.8) is 0 Å². The van der Waals surface area contributed by atoms with Gasteiger partial charge in [0.1, 0.15) is 11.9 Å². The Morgan fingerprint density at radius 3 is 2.72 bits per heavy atom. The fourth-order valence-corrected chi connectivity index (χ4v) is 3.39. The predicted molar refractivity (Wildman–Crippen MR) is 98.7 cm³/mol. The fourth-order valence-electron chi connectivity index (χ4n) is 2.61. The molecule has 0 bridgehead atoms. The van der Waals surface area contributed by atoms with Crippen molar-refractivity contribution >= 4 is 33.8 Å². The van der Waals surface area contributed by atoms with Crippen LogP contribution in [0.1, 0.15) is 11.7 Å². The summed E-state index contributed by atoms with van der Waals surface area (Å²) in [7, 11) is 1.69. The summed E-state index contributed by atoms with van der Waals surface area (Å²) in [6.45, 7) is 0.225. The molecule has 0 aliphatic rings. The van der Waals surface area contributed by atoms with Crippen LogP contribution in [0.2, 0.25) is 0 Å². The van der Waals surface area contributed by atoms with Gasteiger partial charge in [-0.05, 0) is 48.3 Å². The van der Waals surface area contributed by atoms with Gasteiger partial charge in [-0.3, -0.25) is 0 Å². The first-order valence-electron chi connectivity index (χ1n) is 7.50.